The quantitative estimate of drug-likeness (QED) is 0.688. The van der Waals surface area contributed by atoms with Crippen LogP contribution in [0.1, 0.15) is 19.4 Å². The lowest BCUT2D eigenvalue weighted by Crippen LogP contribution is -2.31. The number of hydrogen-bond donors (Lipinski definition) is 1. The highest BCUT2D eigenvalue weighted by atomic mass is 35.5. The smallest absolute Gasteiger partial charge is 0.344 e. The Bertz CT molecular complexity index is 791. The molecule has 2 rings (SSSR count). The fourth-order valence-corrected chi connectivity index (χ4v) is 2.38. The summed E-state index contributed by atoms with van der Waals surface area (Å²) in [5.41, 5.74) is 1.31. The maximum Gasteiger partial charge on any atom is 0.344 e. The van der Waals surface area contributed by atoms with Crippen molar-refractivity contribution in [1.82, 2.24) is 0 Å². The first-order valence-corrected chi connectivity index (χ1v) is 8.89. The van der Waals surface area contributed by atoms with E-state index in [1.54, 1.807) is 49.4 Å². The molecule has 0 saturated carbocycles. The van der Waals surface area contributed by atoms with E-state index in [4.69, 9.17) is 25.8 Å². The largest absolute Gasteiger partial charge is 0.494 e. The van der Waals surface area contributed by atoms with Crippen molar-refractivity contribution in [3.05, 3.63) is 53.1 Å². The van der Waals surface area contributed by atoms with E-state index in [2.05, 4.69) is 5.32 Å². The van der Waals surface area contributed by atoms with Gasteiger partial charge >= 0.3 is 5.97 Å². The summed E-state index contributed by atoms with van der Waals surface area (Å²) in [5, 5.41) is 3.24. The van der Waals surface area contributed by atoms with Crippen molar-refractivity contribution >= 4 is 29.2 Å². The first-order chi connectivity index (χ1) is 12.9. The van der Waals surface area contributed by atoms with Crippen LogP contribution in [0.3, 0.4) is 0 Å². The molecule has 1 N–H and O–H groups in total. The lowest BCUT2D eigenvalue weighted by atomic mass is 10.2. The van der Waals surface area contributed by atoms with E-state index in [0.717, 1.165) is 5.56 Å². The van der Waals surface area contributed by atoms with Crippen LogP contribution in [0, 0.1) is 6.92 Å². The minimum Gasteiger partial charge on any atom is -0.494 e. The van der Waals surface area contributed by atoms with E-state index in [0.29, 0.717) is 28.8 Å². The molecule has 6 nitrogen and oxygen atoms in total. The SMILES string of the molecule is CCOc1ccc(OCC(=O)O[C@H](C)C(=O)Nc2cccc(Cl)c2C)cc1. The summed E-state index contributed by atoms with van der Waals surface area (Å²) < 4.78 is 15.8. The van der Waals surface area contributed by atoms with Gasteiger partial charge in [-0.1, -0.05) is 17.7 Å². The zero-order valence-electron chi connectivity index (χ0n) is 15.5. The second kappa shape index (κ2) is 9.83. The van der Waals surface area contributed by atoms with Gasteiger partial charge in [-0.25, -0.2) is 4.79 Å². The monoisotopic (exact) mass is 391 g/mol. The fraction of sp³-hybridized carbons (Fsp3) is 0.300. The fourth-order valence-electron chi connectivity index (χ4n) is 2.20. The molecule has 1 amide bonds. The number of halogens is 1. The maximum absolute atomic E-state index is 12.2. The number of benzene rings is 2. The molecule has 7 heteroatoms. The topological polar surface area (TPSA) is 73.9 Å². The molecule has 2 aromatic carbocycles. The number of hydrogen-bond acceptors (Lipinski definition) is 5. The Morgan fingerprint density at radius 3 is 2.33 bits per heavy atom. The standard InChI is InChI=1S/C20H22ClNO5/c1-4-25-15-8-10-16(11-9-15)26-12-19(23)27-14(3)20(24)22-18-7-5-6-17(21)13(18)2/h5-11,14H,4,12H2,1-3H3,(H,22,24)/t14-/m1/s1. The minimum atomic E-state index is -0.972. The number of anilines is 1. The van der Waals surface area contributed by atoms with E-state index < -0.39 is 18.0 Å². The Morgan fingerprint density at radius 1 is 1.07 bits per heavy atom. The zero-order chi connectivity index (χ0) is 19.8. The van der Waals surface area contributed by atoms with Crippen molar-refractivity contribution in [2.45, 2.75) is 26.9 Å². The second-order valence-corrected chi connectivity index (χ2v) is 6.13. The van der Waals surface area contributed by atoms with Crippen LogP contribution in [-0.4, -0.2) is 31.2 Å². The lowest BCUT2D eigenvalue weighted by molar-refractivity contribution is -0.155. The predicted molar refractivity (Wildman–Crippen MR) is 103 cm³/mol. The molecule has 0 bridgehead atoms. The normalized spacial score (nSPS) is 11.4. The Labute approximate surface area is 163 Å². The predicted octanol–water partition coefficient (Wildman–Crippen LogP) is 4.00. The molecule has 27 heavy (non-hydrogen) atoms. The van der Waals surface area contributed by atoms with Gasteiger partial charge in [-0.05, 0) is 62.7 Å². The van der Waals surface area contributed by atoms with E-state index in [1.165, 1.54) is 6.92 Å². The Kier molecular flexibility index (Phi) is 7.49. The Morgan fingerprint density at radius 2 is 1.70 bits per heavy atom. The Balaban J connectivity index is 1.82. The molecule has 144 valence electrons. The van der Waals surface area contributed by atoms with Crippen molar-refractivity contribution in [1.29, 1.82) is 0 Å². The highest BCUT2D eigenvalue weighted by molar-refractivity contribution is 6.31. The summed E-state index contributed by atoms with van der Waals surface area (Å²) in [4.78, 5) is 24.1. The summed E-state index contributed by atoms with van der Waals surface area (Å²) in [7, 11) is 0. The average Bonchev–Trinajstić information content (AvgIpc) is 2.65. The first-order valence-electron chi connectivity index (χ1n) is 8.51. The molecule has 0 aliphatic heterocycles. The van der Waals surface area contributed by atoms with Crippen LogP contribution in [0.2, 0.25) is 5.02 Å². The van der Waals surface area contributed by atoms with Gasteiger partial charge in [0.05, 0.1) is 6.61 Å². The number of rotatable bonds is 8. The third kappa shape index (κ3) is 6.18. The summed E-state index contributed by atoms with van der Waals surface area (Å²) in [6.45, 7) is 5.44. The van der Waals surface area contributed by atoms with Crippen LogP contribution in [-0.2, 0) is 14.3 Å². The van der Waals surface area contributed by atoms with Crippen molar-refractivity contribution in [2.24, 2.45) is 0 Å². The highest BCUT2D eigenvalue weighted by Gasteiger charge is 2.19. The number of amides is 1. The van der Waals surface area contributed by atoms with Crippen molar-refractivity contribution in [3.8, 4) is 11.5 Å². The van der Waals surface area contributed by atoms with Crippen LogP contribution >= 0.6 is 11.6 Å². The van der Waals surface area contributed by atoms with Crippen LogP contribution in [0.25, 0.3) is 0 Å². The van der Waals surface area contributed by atoms with Crippen molar-refractivity contribution in [2.75, 3.05) is 18.5 Å². The van der Waals surface area contributed by atoms with Crippen molar-refractivity contribution in [3.63, 3.8) is 0 Å². The molecule has 0 heterocycles. The van der Waals surface area contributed by atoms with Crippen LogP contribution in [0.5, 0.6) is 11.5 Å². The number of ether oxygens (including phenoxy) is 3. The van der Waals surface area contributed by atoms with Crippen LogP contribution < -0.4 is 14.8 Å². The van der Waals surface area contributed by atoms with Gasteiger partial charge in [-0.3, -0.25) is 4.79 Å². The van der Waals surface area contributed by atoms with Gasteiger partial charge in [-0.15, -0.1) is 0 Å². The molecule has 0 saturated heterocycles. The molecule has 0 aliphatic carbocycles. The number of carbonyl (C=O) groups is 2. The van der Waals surface area contributed by atoms with Gasteiger partial charge in [0.2, 0.25) is 0 Å². The number of esters is 1. The van der Waals surface area contributed by atoms with E-state index in [1.807, 2.05) is 6.92 Å². The lowest BCUT2D eigenvalue weighted by Gasteiger charge is -2.15. The first kappa shape index (κ1) is 20.6. The second-order valence-electron chi connectivity index (χ2n) is 5.73. The van der Waals surface area contributed by atoms with Crippen LogP contribution in [0.4, 0.5) is 5.69 Å². The average molecular weight is 392 g/mol. The molecule has 2 aromatic rings. The summed E-state index contributed by atoms with van der Waals surface area (Å²) >= 11 is 6.03. The third-order valence-electron chi connectivity index (χ3n) is 3.69. The molecule has 0 unspecified atom stereocenters. The van der Waals surface area contributed by atoms with Gasteiger partial charge < -0.3 is 19.5 Å². The van der Waals surface area contributed by atoms with Crippen LogP contribution in [0.15, 0.2) is 42.5 Å². The third-order valence-corrected chi connectivity index (χ3v) is 4.10. The molecule has 0 radical (unpaired) electrons. The van der Waals surface area contributed by atoms with E-state index in [9.17, 15) is 9.59 Å². The van der Waals surface area contributed by atoms with Gasteiger partial charge in [0.15, 0.2) is 12.7 Å². The Hall–Kier alpha value is -2.73. The highest BCUT2D eigenvalue weighted by Crippen LogP contribution is 2.23. The zero-order valence-corrected chi connectivity index (χ0v) is 16.2. The number of carbonyl (C=O) groups excluding carboxylic acids is 2. The number of nitrogens with one attached hydrogen (secondary N) is 1. The molecule has 0 spiro atoms. The summed E-state index contributed by atoms with van der Waals surface area (Å²) in [6, 6.07) is 12.1. The van der Waals surface area contributed by atoms with Crippen molar-refractivity contribution < 1.29 is 23.8 Å². The molecule has 0 fully saturated rings. The van der Waals surface area contributed by atoms with E-state index >= 15 is 0 Å². The van der Waals surface area contributed by atoms with Gasteiger partial charge in [-0.2, -0.15) is 0 Å². The van der Waals surface area contributed by atoms with Gasteiger partial charge in [0, 0.05) is 10.7 Å². The molecule has 0 aromatic heterocycles. The molecule has 1 atom stereocenters. The molecular formula is C20H22ClNO5. The minimum absolute atomic E-state index is 0.304. The molecular weight excluding hydrogens is 370 g/mol. The maximum atomic E-state index is 12.2. The summed E-state index contributed by atoms with van der Waals surface area (Å²) in [5.74, 6) is 0.125. The van der Waals surface area contributed by atoms with Gasteiger partial charge in [0.25, 0.3) is 5.91 Å². The van der Waals surface area contributed by atoms with Gasteiger partial charge in [0.1, 0.15) is 11.5 Å². The molecule has 0 aliphatic rings. The summed E-state index contributed by atoms with van der Waals surface area (Å²) in [6.07, 6.45) is -0.972. The van der Waals surface area contributed by atoms with E-state index in [-0.39, 0.29) is 6.61 Å².